The highest BCUT2D eigenvalue weighted by Crippen LogP contribution is 2.50. The maximum atomic E-state index is 1.62. The highest BCUT2D eigenvalue weighted by molar-refractivity contribution is 4.89. The molecule has 0 aliphatic heterocycles. The van der Waals surface area contributed by atoms with E-state index < -0.39 is 0 Å². The highest BCUT2D eigenvalue weighted by atomic mass is 14.4. The van der Waals surface area contributed by atoms with Gasteiger partial charge in [-0.25, -0.2) is 0 Å². The van der Waals surface area contributed by atoms with Crippen LogP contribution in [0.1, 0.15) is 64.2 Å². The summed E-state index contributed by atoms with van der Waals surface area (Å²) in [4.78, 5) is 0. The number of fused-ring (bicyclic) bond motifs is 6. The molecule has 0 N–H and O–H groups in total. The molecule has 0 amide bonds. The van der Waals surface area contributed by atoms with Gasteiger partial charge in [-0.3, -0.25) is 0 Å². The number of hydrogen-bond donors (Lipinski definition) is 0. The van der Waals surface area contributed by atoms with E-state index in [4.69, 9.17) is 0 Å². The topological polar surface area (TPSA) is 0 Å². The second-order valence-corrected chi connectivity index (χ2v) is 6.08. The van der Waals surface area contributed by atoms with Gasteiger partial charge in [0, 0.05) is 0 Å². The van der Waals surface area contributed by atoms with Crippen LogP contribution in [0.4, 0.5) is 0 Å². The highest BCUT2D eigenvalue weighted by Gasteiger charge is 2.39. The minimum atomic E-state index is 1.15. The monoisotopic (exact) mass is 192 g/mol. The van der Waals surface area contributed by atoms with Crippen molar-refractivity contribution in [2.45, 2.75) is 64.2 Å². The standard InChI is InChI=1S/C14H24/c1-2-5-11-9-12(6-3-1)14-8-4-7-13(11)10-14/h11-14H,1-10H2. The summed E-state index contributed by atoms with van der Waals surface area (Å²) in [5.41, 5.74) is 0. The first-order valence-corrected chi connectivity index (χ1v) is 6.93. The molecule has 0 spiro atoms. The predicted molar refractivity (Wildman–Crippen MR) is 60.1 cm³/mol. The van der Waals surface area contributed by atoms with Gasteiger partial charge in [0.05, 0.1) is 0 Å². The zero-order valence-corrected chi connectivity index (χ0v) is 9.38. The quantitative estimate of drug-likeness (QED) is 0.534. The summed E-state index contributed by atoms with van der Waals surface area (Å²) in [6.45, 7) is 0. The van der Waals surface area contributed by atoms with E-state index in [2.05, 4.69) is 0 Å². The van der Waals surface area contributed by atoms with E-state index in [-0.39, 0.29) is 0 Å². The van der Waals surface area contributed by atoms with Crippen LogP contribution in [0, 0.1) is 23.7 Å². The molecule has 0 heterocycles. The molecular weight excluding hydrogens is 168 g/mol. The van der Waals surface area contributed by atoms with E-state index in [9.17, 15) is 0 Å². The van der Waals surface area contributed by atoms with E-state index >= 15 is 0 Å². The molecule has 3 fully saturated rings. The maximum Gasteiger partial charge on any atom is -0.0383 e. The van der Waals surface area contributed by atoms with Gasteiger partial charge >= 0.3 is 0 Å². The van der Waals surface area contributed by atoms with Crippen molar-refractivity contribution in [2.75, 3.05) is 0 Å². The van der Waals surface area contributed by atoms with Crippen molar-refractivity contribution >= 4 is 0 Å². The van der Waals surface area contributed by atoms with Crippen molar-refractivity contribution in [3.8, 4) is 0 Å². The minimum Gasteiger partial charge on any atom is -0.0533 e. The molecule has 0 radical (unpaired) electrons. The molecule has 14 heavy (non-hydrogen) atoms. The first-order valence-electron chi connectivity index (χ1n) is 6.93. The number of rotatable bonds is 0. The van der Waals surface area contributed by atoms with Crippen LogP contribution >= 0.6 is 0 Å². The lowest BCUT2D eigenvalue weighted by Gasteiger charge is -2.46. The Balaban J connectivity index is 1.76. The Hall–Kier alpha value is 0. The normalized spacial score (nSPS) is 48.0. The second kappa shape index (κ2) is 3.87. The van der Waals surface area contributed by atoms with Crippen molar-refractivity contribution in [1.29, 1.82) is 0 Å². The van der Waals surface area contributed by atoms with Gasteiger partial charge in [0.15, 0.2) is 0 Å². The van der Waals surface area contributed by atoms with E-state index in [0.29, 0.717) is 0 Å². The molecule has 3 saturated carbocycles. The van der Waals surface area contributed by atoms with Crippen molar-refractivity contribution in [2.24, 2.45) is 23.7 Å². The molecule has 3 aliphatic carbocycles. The van der Waals surface area contributed by atoms with Crippen LogP contribution in [0.3, 0.4) is 0 Å². The molecular formula is C14H24. The molecule has 4 unspecified atom stereocenters. The van der Waals surface area contributed by atoms with Gasteiger partial charge in [-0.05, 0) is 36.5 Å². The van der Waals surface area contributed by atoms with Crippen molar-refractivity contribution < 1.29 is 0 Å². The predicted octanol–water partition coefficient (Wildman–Crippen LogP) is 4.39. The maximum absolute atomic E-state index is 1.62. The summed E-state index contributed by atoms with van der Waals surface area (Å²) in [5, 5.41) is 0. The van der Waals surface area contributed by atoms with Crippen molar-refractivity contribution in [1.82, 2.24) is 0 Å². The average molecular weight is 192 g/mol. The van der Waals surface area contributed by atoms with Crippen molar-refractivity contribution in [3.05, 3.63) is 0 Å². The van der Waals surface area contributed by atoms with Crippen molar-refractivity contribution in [3.63, 3.8) is 0 Å². The van der Waals surface area contributed by atoms with E-state index in [1.54, 1.807) is 57.8 Å². The molecule has 0 saturated heterocycles. The summed E-state index contributed by atoms with van der Waals surface area (Å²) in [6, 6.07) is 0. The fourth-order valence-electron chi connectivity index (χ4n) is 4.59. The van der Waals surface area contributed by atoms with E-state index in [1.165, 1.54) is 6.42 Å². The average Bonchev–Trinajstić information content (AvgIpc) is 2.17. The van der Waals surface area contributed by atoms with Crippen LogP contribution in [0.5, 0.6) is 0 Å². The molecule has 80 valence electrons. The molecule has 3 rings (SSSR count). The van der Waals surface area contributed by atoms with Crippen LogP contribution in [-0.2, 0) is 0 Å². The summed E-state index contributed by atoms with van der Waals surface area (Å²) in [5.74, 6) is 4.61. The third kappa shape index (κ3) is 1.61. The molecule has 4 atom stereocenters. The van der Waals surface area contributed by atoms with Gasteiger partial charge < -0.3 is 0 Å². The van der Waals surface area contributed by atoms with Crippen LogP contribution in [0.2, 0.25) is 0 Å². The van der Waals surface area contributed by atoms with Crippen LogP contribution < -0.4 is 0 Å². The summed E-state index contributed by atoms with van der Waals surface area (Å²) in [6.07, 6.45) is 15.7. The Kier molecular flexibility index (Phi) is 2.55. The smallest absolute Gasteiger partial charge is 0.0383 e. The summed E-state index contributed by atoms with van der Waals surface area (Å²) >= 11 is 0. The first kappa shape index (κ1) is 9.24. The third-order valence-electron chi connectivity index (χ3n) is 5.34. The molecule has 0 heteroatoms. The van der Waals surface area contributed by atoms with Gasteiger partial charge in [0.25, 0.3) is 0 Å². The Morgan fingerprint density at radius 3 is 1.36 bits per heavy atom. The Morgan fingerprint density at radius 1 is 0.429 bits per heavy atom. The lowest BCUT2D eigenvalue weighted by molar-refractivity contribution is 0.0461. The summed E-state index contributed by atoms with van der Waals surface area (Å²) in [7, 11) is 0. The zero-order chi connectivity index (χ0) is 9.38. The fraction of sp³-hybridized carbons (Fsp3) is 1.00. The molecule has 0 nitrogen and oxygen atoms in total. The molecule has 3 aliphatic rings. The van der Waals surface area contributed by atoms with E-state index in [0.717, 1.165) is 23.7 Å². The largest absolute Gasteiger partial charge is 0.0533 e. The van der Waals surface area contributed by atoms with Gasteiger partial charge in [-0.1, -0.05) is 51.4 Å². The zero-order valence-electron chi connectivity index (χ0n) is 9.38. The Morgan fingerprint density at radius 2 is 0.857 bits per heavy atom. The first-order chi connectivity index (χ1) is 6.93. The third-order valence-corrected chi connectivity index (χ3v) is 5.34. The molecule has 0 aromatic heterocycles. The van der Waals surface area contributed by atoms with Gasteiger partial charge in [-0.2, -0.15) is 0 Å². The lowest BCUT2D eigenvalue weighted by atomic mass is 9.59. The molecule has 4 bridgehead atoms. The Labute approximate surface area is 88.5 Å². The van der Waals surface area contributed by atoms with Crippen LogP contribution in [-0.4, -0.2) is 0 Å². The minimum absolute atomic E-state index is 1.15. The number of hydrogen-bond acceptors (Lipinski definition) is 0. The molecule has 0 aromatic rings. The van der Waals surface area contributed by atoms with Gasteiger partial charge in [0.2, 0.25) is 0 Å². The SMILES string of the molecule is C1CCC2CC(CC1)C1CCCC2C1. The Bertz CT molecular complexity index is 178. The van der Waals surface area contributed by atoms with Gasteiger partial charge in [-0.15, -0.1) is 0 Å². The van der Waals surface area contributed by atoms with E-state index in [1.807, 2.05) is 0 Å². The van der Waals surface area contributed by atoms with Gasteiger partial charge in [0.1, 0.15) is 0 Å². The van der Waals surface area contributed by atoms with Crippen LogP contribution in [0.15, 0.2) is 0 Å². The fourth-order valence-corrected chi connectivity index (χ4v) is 4.59. The summed E-state index contributed by atoms with van der Waals surface area (Å²) < 4.78 is 0. The van der Waals surface area contributed by atoms with Crippen LogP contribution in [0.25, 0.3) is 0 Å². The second-order valence-electron chi connectivity index (χ2n) is 6.08. The molecule has 0 aromatic carbocycles. The lowest BCUT2D eigenvalue weighted by Crippen LogP contribution is -2.35.